The smallest absolute Gasteiger partial charge is 0.197 e. The molecule has 158 valence electrons. The number of benzene rings is 2. The first-order valence-corrected chi connectivity index (χ1v) is 11.1. The molecule has 0 atom stereocenters. The molecule has 0 aliphatic heterocycles. The van der Waals surface area contributed by atoms with Crippen LogP contribution in [0.1, 0.15) is 13.8 Å². The van der Waals surface area contributed by atoms with Crippen LogP contribution in [0.2, 0.25) is 0 Å². The molecule has 0 saturated carbocycles. The van der Waals surface area contributed by atoms with Crippen LogP contribution in [0.4, 0.5) is 11.5 Å². The summed E-state index contributed by atoms with van der Waals surface area (Å²) in [5, 5.41) is 3.54. The number of imidazole rings is 1. The van der Waals surface area contributed by atoms with Gasteiger partial charge in [0.1, 0.15) is 17.3 Å². The Kier molecular flexibility index (Phi) is 6.11. The lowest BCUT2D eigenvalue weighted by Gasteiger charge is -2.21. The lowest BCUT2D eigenvalue weighted by molar-refractivity contribution is 0.210. The molecule has 7 heteroatoms. The highest BCUT2D eigenvalue weighted by Crippen LogP contribution is 2.37. The van der Waals surface area contributed by atoms with Gasteiger partial charge in [0.25, 0.3) is 0 Å². The van der Waals surface area contributed by atoms with E-state index in [2.05, 4.69) is 64.9 Å². The van der Waals surface area contributed by atoms with Gasteiger partial charge in [-0.3, -0.25) is 4.40 Å². The van der Waals surface area contributed by atoms with Crippen LogP contribution in [-0.2, 0) is 4.74 Å². The summed E-state index contributed by atoms with van der Waals surface area (Å²) in [6.45, 7) is 7.69. The fourth-order valence-electron chi connectivity index (χ4n) is 3.73. The number of fused-ring (bicyclic) bond motifs is 3. The van der Waals surface area contributed by atoms with E-state index in [1.807, 2.05) is 6.07 Å². The van der Waals surface area contributed by atoms with E-state index in [0.717, 1.165) is 51.1 Å². The first-order valence-electron chi connectivity index (χ1n) is 10.3. The van der Waals surface area contributed by atoms with E-state index in [9.17, 15) is 0 Å². The molecule has 1 N–H and O–H groups in total. The third-order valence-electron chi connectivity index (χ3n) is 5.32. The average Bonchev–Trinajstić information content (AvgIpc) is 3.31. The summed E-state index contributed by atoms with van der Waals surface area (Å²) < 4.78 is 14.0. The topological polar surface area (TPSA) is 51.0 Å². The van der Waals surface area contributed by atoms with Gasteiger partial charge in [0, 0.05) is 38.0 Å². The minimum atomic E-state index is 0.628. The highest BCUT2D eigenvalue weighted by Gasteiger charge is 2.19. The zero-order chi connectivity index (χ0) is 21.1. The minimum Gasteiger partial charge on any atom is -0.497 e. The van der Waals surface area contributed by atoms with E-state index in [4.69, 9.17) is 14.5 Å². The maximum Gasteiger partial charge on any atom is 0.197 e. The summed E-state index contributed by atoms with van der Waals surface area (Å²) in [5.41, 5.74) is 4.41. The molecule has 30 heavy (non-hydrogen) atoms. The van der Waals surface area contributed by atoms with Crippen LogP contribution in [-0.4, -0.2) is 49.8 Å². The molecule has 0 unspecified atom stereocenters. The number of ether oxygens (including phenoxy) is 2. The zero-order valence-electron chi connectivity index (χ0n) is 17.9. The standard InChI is InChI=1S/C23H28N4O2S/c1-5-26(6-2)17-9-7-16(8-10-17)21-22(24-13-14-28-3)27-19-12-11-18(29-4)15-20(19)30-23(27)25-21/h7-12,15,24H,5-6,13-14H2,1-4H3. The van der Waals surface area contributed by atoms with Crippen molar-refractivity contribution < 1.29 is 9.47 Å². The Bertz CT molecular complexity index is 1130. The summed E-state index contributed by atoms with van der Waals surface area (Å²) in [5.74, 6) is 1.85. The summed E-state index contributed by atoms with van der Waals surface area (Å²) in [4.78, 5) is 8.29. The summed E-state index contributed by atoms with van der Waals surface area (Å²) in [6.07, 6.45) is 0. The fraction of sp³-hybridized carbons (Fsp3) is 0.348. The lowest BCUT2D eigenvalue weighted by Crippen LogP contribution is -2.21. The van der Waals surface area contributed by atoms with Crippen molar-refractivity contribution >= 4 is 38.0 Å². The molecule has 2 aromatic carbocycles. The molecule has 4 aromatic rings. The van der Waals surface area contributed by atoms with Crippen molar-refractivity contribution in [1.82, 2.24) is 9.38 Å². The minimum absolute atomic E-state index is 0.628. The quantitative estimate of drug-likeness (QED) is 0.378. The summed E-state index contributed by atoms with van der Waals surface area (Å²) in [7, 11) is 3.41. The van der Waals surface area contributed by atoms with E-state index in [-0.39, 0.29) is 0 Å². The Hall–Kier alpha value is -2.77. The van der Waals surface area contributed by atoms with Crippen LogP contribution < -0.4 is 15.0 Å². The Morgan fingerprint density at radius 1 is 1.07 bits per heavy atom. The molecule has 0 fully saturated rings. The SMILES string of the molecule is CCN(CC)c1ccc(-c2nc3sc4cc(OC)ccc4n3c2NCCOC)cc1. The monoisotopic (exact) mass is 424 g/mol. The van der Waals surface area contributed by atoms with E-state index >= 15 is 0 Å². The molecule has 0 spiro atoms. The average molecular weight is 425 g/mol. The Balaban J connectivity index is 1.81. The Morgan fingerprint density at radius 3 is 2.50 bits per heavy atom. The van der Waals surface area contributed by atoms with Gasteiger partial charge in [-0.1, -0.05) is 23.5 Å². The number of hydrogen-bond acceptors (Lipinski definition) is 6. The normalized spacial score (nSPS) is 11.3. The van der Waals surface area contributed by atoms with E-state index in [0.29, 0.717) is 13.2 Å². The Morgan fingerprint density at radius 2 is 1.83 bits per heavy atom. The van der Waals surface area contributed by atoms with Gasteiger partial charge in [0.05, 0.1) is 23.9 Å². The van der Waals surface area contributed by atoms with Crippen LogP contribution >= 0.6 is 11.3 Å². The molecule has 6 nitrogen and oxygen atoms in total. The first-order chi connectivity index (χ1) is 14.7. The highest BCUT2D eigenvalue weighted by molar-refractivity contribution is 7.23. The van der Waals surface area contributed by atoms with Gasteiger partial charge in [-0.25, -0.2) is 4.98 Å². The van der Waals surface area contributed by atoms with E-state index in [1.54, 1.807) is 25.6 Å². The second kappa shape index (κ2) is 8.93. The summed E-state index contributed by atoms with van der Waals surface area (Å²) in [6, 6.07) is 14.8. The number of aromatic nitrogens is 2. The van der Waals surface area contributed by atoms with Gasteiger partial charge in [-0.05, 0) is 44.2 Å². The van der Waals surface area contributed by atoms with Crippen molar-refractivity contribution in [2.75, 3.05) is 50.7 Å². The molecule has 2 heterocycles. The second-order valence-electron chi connectivity index (χ2n) is 7.00. The van der Waals surface area contributed by atoms with Crippen molar-refractivity contribution in [2.24, 2.45) is 0 Å². The van der Waals surface area contributed by atoms with Crippen molar-refractivity contribution in [3.05, 3.63) is 42.5 Å². The van der Waals surface area contributed by atoms with Crippen LogP contribution in [0.3, 0.4) is 0 Å². The van der Waals surface area contributed by atoms with E-state index < -0.39 is 0 Å². The largest absolute Gasteiger partial charge is 0.497 e. The number of hydrogen-bond donors (Lipinski definition) is 1. The number of nitrogens with zero attached hydrogens (tertiary/aromatic N) is 3. The fourth-order valence-corrected chi connectivity index (χ4v) is 4.79. The molecule has 0 radical (unpaired) electrons. The van der Waals surface area contributed by atoms with Crippen LogP contribution in [0.5, 0.6) is 5.75 Å². The van der Waals surface area contributed by atoms with Crippen LogP contribution in [0, 0.1) is 0 Å². The van der Waals surface area contributed by atoms with Crippen molar-refractivity contribution in [3.63, 3.8) is 0 Å². The molecule has 0 aliphatic rings. The van der Waals surface area contributed by atoms with Gasteiger partial charge >= 0.3 is 0 Å². The third kappa shape index (κ3) is 3.70. The molecular weight excluding hydrogens is 396 g/mol. The highest BCUT2D eigenvalue weighted by atomic mass is 32.1. The van der Waals surface area contributed by atoms with Gasteiger partial charge in [-0.2, -0.15) is 0 Å². The molecule has 2 aromatic heterocycles. The maximum absolute atomic E-state index is 5.39. The molecular formula is C23H28N4O2S. The van der Waals surface area contributed by atoms with Gasteiger partial charge < -0.3 is 19.7 Å². The molecule has 0 aliphatic carbocycles. The Labute approximate surface area is 181 Å². The number of rotatable bonds is 9. The zero-order valence-corrected chi connectivity index (χ0v) is 18.8. The molecule has 0 bridgehead atoms. The van der Waals surface area contributed by atoms with Crippen molar-refractivity contribution in [3.8, 4) is 17.0 Å². The summed E-state index contributed by atoms with van der Waals surface area (Å²) >= 11 is 1.67. The predicted molar refractivity (Wildman–Crippen MR) is 126 cm³/mol. The predicted octanol–water partition coefficient (Wildman–Crippen LogP) is 5.13. The number of thiazole rings is 1. The van der Waals surface area contributed by atoms with Crippen molar-refractivity contribution in [1.29, 1.82) is 0 Å². The molecule has 4 rings (SSSR count). The number of anilines is 2. The first kappa shape index (κ1) is 20.5. The van der Waals surface area contributed by atoms with Gasteiger partial charge in [0.2, 0.25) is 0 Å². The van der Waals surface area contributed by atoms with Gasteiger partial charge in [0.15, 0.2) is 4.96 Å². The van der Waals surface area contributed by atoms with Crippen LogP contribution in [0.15, 0.2) is 42.5 Å². The van der Waals surface area contributed by atoms with E-state index in [1.165, 1.54) is 5.69 Å². The molecule has 0 amide bonds. The number of nitrogens with one attached hydrogen (secondary N) is 1. The third-order valence-corrected chi connectivity index (χ3v) is 6.33. The number of methoxy groups -OCH3 is 2. The second-order valence-corrected chi connectivity index (χ2v) is 8.01. The molecule has 0 saturated heterocycles. The lowest BCUT2D eigenvalue weighted by atomic mass is 10.1. The maximum atomic E-state index is 5.39. The van der Waals surface area contributed by atoms with Gasteiger partial charge in [-0.15, -0.1) is 0 Å². The van der Waals surface area contributed by atoms with Crippen LogP contribution in [0.25, 0.3) is 26.4 Å². The van der Waals surface area contributed by atoms with Crippen molar-refractivity contribution in [2.45, 2.75) is 13.8 Å².